The van der Waals surface area contributed by atoms with Crippen molar-refractivity contribution in [1.82, 2.24) is 15.2 Å². The van der Waals surface area contributed by atoms with Gasteiger partial charge in [-0.05, 0) is 42.0 Å². The monoisotopic (exact) mass is 489 g/mol. The van der Waals surface area contributed by atoms with Gasteiger partial charge >= 0.3 is 0 Å². The number of rotatable bonds is 5. The van der Waals surface area contributed by atoms with E-state index in [1.807, 2.05) is 84.9 Å². The molecule has 1 aromatic heterocycles. The molecule has 1 saturated carbocycles. The summed E-state index contributed by atoms with van der Waals surface area (Å²) in [5.41, 5.74) is 2.58. The van der Waals surface area contributed by atoms with Crippen molar-refractivity contribution in [1.29, 1.82) is 0 Å². The summed E-state index contributed by atoms with van der Waals surface area (Å²) < 4.78 is 0. The fourth-order valence-electron chi connectivity index (χ4n) is 6.56. The third-order valence-electron chi connectivity index (χ3n) is 8.38. The molecule has 5 heteroatoms. The highest BCUT2D eigenvalue weighted by Gasteiger charge is 2.58. The Morgan fingerprint density at radius 1 is 0.865 bits per heavy atom. The quantitative estimate of drug-likeness (QED) is 0.351. The van der Waals surface area contributed by atoms with Gasteiger partial charge in [0.15, 0.2) is 5.66 Å². The van der Waals surface area contributed by atoms with Crippen molar-refractivity contribution in [2.75, 3.05) is 13.6 Å². The van der Waals surface area contributed by atoms with Crippen molar-refractivity contribution in [3.8, 4) is 11.1 Å². The van der Waals surface area contributed by atoms with Gasteiger partial charge in [0, 0.05) is 36.7 Å². The smallest absolute Gasteiger partial charge is 0.257 e. The van der Waals surface area contributed by atoms with Crippen LogP contribution in [0.5, 0.6) is 0 Å². The molecule has 37 heavy (non-hydrogen) atoms. The summed E-state index contributed by atoms with van der Waals surface area (Å²) in [4.78, 5) is 35.2. The van der Waals surface area contributed by atoms with Gasteiger partial charge in [-0.25, -0.2) is 0 Å². The molecule has 1 aliphatic heterocycles. The maximum absolute atomic E-state index is 14.8. The molecule has 0 bridgehead atoms. The molecule has 3 unspecified atom stereocenters. The third-order valence-corrected chi connectivity index (χ3v) is 8.38. The average molecular weight is 490 g/mol. The van der Waals surface area contributed by atoms with Crippen molar-refractivity contribution in [2.24, 2.45) is 11.8 Å². The predicted molar refractivity (Wildman–Crippen MR) is 146 cm³/mol. The Balaban J connectivity index is 1.49. The maximum atomic E-state index is 14.8. The molecular formula is C32H31N3O2. The van der Waals surface area contributed by atoms with Crippen LogP contribution in [0.2, 0.25) is 0 Å². The van der Waals surface area contributed by atoms with Crippen LogP contribution in [0.1, 0.15) is 46.4 Å². The zero-order valence-corrected chi connectivity index (χ0v) is 21.1. The van der Waals surface area contributed by atoms with Crippen LogP contribution in [-0.2, 0) is 0 Å². The molecule has 2 fully saturated rings. The first-order valence-corrected chi connectivity index (χ1v) is 13.2. The highest BCUT2D eigenvalue weighted by Crippen LogP contribution is 2.46. The first-order chi connectivity index (χ1) is 18.1. The summed E-state index contributed by atoms with van der Waals surface area (Å²) in [7, 11) is 1.79. The standard InChI is InChI=1S/C32H31N3O2/c1-35(31(37)27-18-9-14-23-15-10-20-33-29(23)27)32(28-19-8-5-13-24(28)21-34-32)30(36)26-17-7-6-16-25(26)22-11-3-2-4-12-22/h2-4,6-7,9-12,14-18,20,24,28,34H,5,8,13,19,21H2,1H3. The van der Waals surface area contributed by atoms with E-state index in [0.717, 1.165) is 42.3 Å². The Morgan fingerprint density at radius 3 is 2.46 bits per heavy atom. The van der Waals surface area contributed by atoms with Gasteiger partial charge in [0.25, 0.3) is 5.91 Å². The molecular weight excluding hydrogens is 458 g/mol. The fourth-order valence-corrected chi connectivity index (χ4v) is 6.56. The van der Waals surface area contributed by atoms with E-state index in [1.54, 1.807) is 18.1 Å². The summed E-state index contributed by atoms with van der Waals surface area (Å²) in [5, 5.41) is 4.53. The Hall–Kier alpha value is -3.83. The van der Waals surface area contributed by atoms with Gasteiger partial charge in [-0.15, -0.1) is 0 Å². The van der Waals surface area contributed by atoms with Crippen LogP contribution in [0.25, 0.3) is 22.0 Å². The second-order valence-corrected chi connectivity index (χ2v) is 10.3. The number of Topliss-reactive ketones (excluding diaryl/α,β-unsaturated/α-hetero) is 1. The molecule has 186 valence electrons. The van der Waals surface area contributed by atoms with Crippen molar-refractivity contribution >= 4 is 22.6 Å². The molecule has 0 radical (unpaired) electrons. The lowest BCUT2D eigenvalue weighted by molar-refractivity contribution is 0.0236. The number of nitrogens with one attached hydrogen (secondary N) is 1. The van der Waals surface area contributed by atoms with E-state index in [9.17, 15) is 9.59 Å². The van der Waals surface area contributed by atoms with Gasteiger partial charge in [-0.3, -0.25) is 19.9 Å². The molecule has 1 N–H and O–H groups in total. The molecule has 4 aromatic rings. The first kappa shape index (κ1) is 23.6. The Kier molecular flexibility index (Phi) is 6.09. The Bertz CT molecular complexity index is 1460. The molecule has 3 atom stereocenters. The number of carbonyl (C=O) groups excluding carboxylic acids is 2. The van der Waals surface area contributed by atoms with Gasteiger partial charge in [0.2, 0.25) is 5.78 Å². The minimum Gasteiger partial charge on any atom is -0.316 e. The molecule has 1 saturated heterocycles. The van der Waals surface area contributed by atoms with E-state index in [2.05, 4.69) is 10.3 Å². The van der Waals surface area contributed by atoms with Gasteiger partial charge in [0.05, 0.1) is 11.1 Å². The van der Waals surface area contributed by atoms with Gasteiger partial charge in [0.1, 0.15) is 0 Å². The number of nitrogens with zero attached hydrogens (tertiary/aromatic N) is 2. The number of benzene rings is 3. The van der Waals surface area contributed by atoms with Crippen LogP contribution in [-0.4, -0.2) is 40.8 Å². The zero-order valence-electron chi connectivity index (χ0n) is 21.1. The molecule has 6 rings (SSSR count). The summed E-state index contributed by atoms with van der Waals surface area (Å²) in [6.07, 6.45) is 5.93. The van der Waals surface area contributed by atoms with E-state index in [1.165, 1.54) is 6.42 Å². The van der Waals surface area contributed by atoms with E-state index < -0.39 is 5.66 Å². The van der Waals surface area contributed by atoms with Crippen LogP contribution in [0.4, 0.5) is 0 Å². The SMILES string of the molecule is CN(C(=O)c1cccc2cccnc12)C1(C(=O)c2ccccc2-c2ccccc2)NCC2CCCCC21. The number of ketones is 1. The number of hydrogen-bond acceptors (Lipinski definition) is 4. The first-order valence-electron chi connectivity index (χ1n) is 13.2. The van der Waals surface area contributed by atoms with Crippen molar-refractivity contribution in [3.05, 3.63) is 102 Å². The normalized spacial score (nSPS) is 22.9. The number of pyridine rings is 1. The highest BCUT2D eigenvalue weighted by molar-refractivity contribution is 6.12. The van der Waals surface area contributed by atoms with Crippen LogP contribution in [0.3, 0.4) is 0 Å². The molecule has 0 spiro atoms. The number of likely N-dealkylation sites (N-methyl/N-ethyl adjacent to an activating group) is 1. The fraction of sp³-hybridized carbons (Fsp3) is 0.281. The Morgan fingerprint density at radius 2 is 1.59 bits per heavy atom. The number of para-hydroxylation sites is 1. The molecule has 1 amide bonds. The Labute approximate surface area is 217 Å². The van der Waals surface area contributed by atoms with Crippen LogP contribution in [0, 0.1) is 11.8 Å². The lowest BCUT2D eigenvalue weighted by Gasteiger charge is -2.44. The number of hydrogen-bond donors (Lipinski definition) is 1. The number of amides is 1. The highest BCUT2D eigenvalue weighted by atomic mass is 16.2. The minimum atomic E-state index is -1.12. The third kappa shape index (κ3) is 3.85. The van der Waals surface area contributed by atoms with Gasteiger partial charge in [-0.1, -0.05) is 85.6 Å². The second kappa shape index (κ2) is 9.56. The molecule has 2 aliphatic rings. The number of fused-ring (bicyclic) bond motifs is 2. The summed E-state index contributed by atoms with van der Waals surface area (Å²) in [5.74, 6) is 0.191. The van der Waals surface area contributed by atoms with Crippen molar-refractivity contribution < 1.29 is 9.59 Å². The van der Waals surface area contributed by atoms with Gasteiger partial charge < -0.3 is 4.90 Å². The summed E-state index contributed by atoms with van der Waals surface area (Å²) in [6.45, 7) is 0.731. The lowest BCUT2D eigenvalue weighted by Crippen LogP contribution is -2.65. The maximum Gasteiger partial charge on any atom is 0.257 e. The molecule has 5 nitrogen and oxygen atoms in total. The molecule has 2 heterocycles. The van der Waals surface area contributed by atoms with Crippen molar-refractivity contribution in [3.63, 3.8) is 0 Å². The van der Waals surface area contributed by atoms with Crippen LogP contribution >= 0.6 is 0 Å². The number of aromatic nitrogens is 1. The van der Waals surface area contributed by atoms with Gasteiger partial charge in [-0.2, -0.15) is 0 Å². The van der Waals surface area contributed by atoms with E-state index >= 15 is 0 Å². The number of carbonyl (C=O) groups is 2. The van der Waals surface area contributed by atoms with Crippen molar-refractivity contribution in [2.45, 2.75) is 31.3 Å². The van der Waals surface area contributed by atoms with Crippen LogP contribution < -0.4 is 5.32 Å². The minimum absolute atomic E-state index is 0.0367. The predicted octanol–water partition coefficient (Wildman–Crippen LogP) is 5.96. The lowest BCUT2D eigenvalue weighted by atomic mass is 9.72. The zero-order chi connectivity index (χ0) is 25.4. The van der Waals surface area contributed by atoms with E-state index in [0.29, 0.717) is 22.6 Å². The summed E-state index contributed by atoms with van der Waals surface area (Å²) in [6, 6.07) is 27.3. The van der Waals surface area contributed by atoms with Crippen LogP contribution in [0.15, 0.2) is 91.1 Å². The van der Waals surface area contributed by atoms with E-state index in [4.69, 9.17) is 0 Å². The van der Waals surface area contributed by atoms with E-state index in [-0.39, 0.29) is 17.6 Å². The second-order valence-electron chi connectivity index (χ2n) is 10.3. The summed E-state index contributed by atoms with van der Waals surface area (Å²) >= 11 is 0. The topological polar surface area (TPSA) is 62.3 Å². The molecule has 3 aromatic carbocycles. The largest absolute Gasteiger partial charge is 0.316 e. The molecule has 1 aliphatic carbocycles. The average Bonchev–Trinajstić information content (AvgIpc) is 3.37.